The molecule has 0 spiro atoms. The number of fused-ring (bicyclic) bond motifs is 1. The molecule has 2 aromatic heterocycles. The Morgan fingerprint density at radius 3 is 2.54 bits per heavy atom. The maximum absolute atomic E-state index is 6.25. The molecule has 0 saturated carbocycles. The van der Waals surface area contributed by atoms with Crippen molar-refractivity contribution in [3.63, 3.8) is 0 Å². The largest absolute Gasteiger partial charge is 0.471 e. The van der Waals surface area contributed by atoms with E-state index in [0.29, 0.717) is 28.5 Å². The average molecular weight is 414 g/mol. The predicted octanol–water partition coefficient (Wildman–Crippen LogP) is 6.62. The first-order valence-electron chi connectivity index (χ1n) is 8.39. The van der Waals surface area contributed by atoms with E-state index in [9.17, 15) is 0 Å². The van der Waals surface area contributed by atoms with Crippen molar-refractivity contribution in [2.45, 2.75) is 40.8 Å². The molecular weight excluding hydrogens is 391 g/mol. The minimum atomic E-state index is 0. The number of hydrogen-bond acceptors (Lipinski definition) is 2. The van der Waals surface area contributed by atoms with Crippen LogP contribution in [0.4, 0.5) is 0 Å². The molecule has 140 valence electrons. The van der Waals surface area contributed by atoms with Crippen LogP contribution in [-0.4, -0.2) is 9.55 Å². The molecule has 0 unspecified atom stereocenters. The van der Waals surface area contributed by atoms with E-state index in [2.05, 4.69) is 43.3 Å². The summed E-state index contributed by atoms with van der Waals surface area (Å²) >= 11 is 12.2. The molecule has 0 aliphatic rings. The van der Waals surface area contributed by atoms with Crippen LogP contribution in [0.2, 0.25) is 10.0 Å². The highest BCUT2D eigenvalue weighted by Gasteiger charge is 2.17. The third-order valence-corrected chi connectivity index (χ3v) is 5.03. The van der Waals surface area contributed by atoms with E-state index >= 15 is 0 Å². The van der Waals surface area contributed by atoms with Crippen LogP contribution in [0, 0.1) is 19.8 Å². The number of ether oxygens (including phenoxy) is 1. The normalized spacial score (nSPS) is 11.0. The smallest absolute Gasteiger partial charge is 0.238 e. The number of aromatic nitrogens is 2. The van der Waals surface area contributed by atoms with Crippen molar-refractivity contribution in [2.75, 3.05) is 0 Å². The maximum atomic E-state index is 6.25. The van der Waals surface area contributed by atoms with Gasteiger partial charge in [0.2, 0.25) is 5.88 Å². The van der Waals surface area contributed by atoms with Crippen LogP contribution in [0.3, 0.4) is 0 Å². The van der Waals surface area contributed by atoms with Crippen LogP contribution < -0.4 is 4.74 Å². The average Bonchev–Trinajstić information content (AvgIpc) is 2.79. The molecule has 26 heavy (non-hydrogen) atoms. The third-order valence-electron chi connectivity index (χ3n) is 4.44. The Kier molecular flexibility index (Phi) is 6.84. The molecule has 0 fully saturated rings. The van der Waals surface area contributed by atoms with E-state index in [1.54, 1.807) is 12.3 Å². The summed E-state index contributed by atoms with van der Waals surface area (Å²) in [5, 5.41) is 2.40. The third kappa shape index (κ3) is 4.11. The van der Waals surface area contributed by atoms with Crippen molar-refractivity contribution in [1.29, 1.82) is 0 Å². The van der Waals surface area contributed by atoms with Crippen LogP contribution in [-0.2, 0) is 13.2 Å². The van der Waals surface area contributed by atoms with Gasteiger partial charge in [0.15, 0.2) is 0 Å². The number of halogens is 3. The second-order valence-corrected chi connectivity index (χ2v) is 7.60. The summed E-state index contributed by atoms with van der Waals surface area (Å²) in [6.45, 7) is 10.0. The molecule has 0 N–H and O–H groups in total. The van der Waals surface area contributed by atoms with Crippen LogP contribution in [0.15, 0.2) is 30.5 Å². The summed E-state index contributed by atoms with van der Waals surface area (Å²) in [5.41, 5.74) is 4.47. The molecule has 0 saturated heterocycles. The zero-order valence-corrected chi connectivity index (χ0v) is 17.7. The van der Waals surface area contributed by atoms with E-state index in [-0.39, 0.29) is 12.4 Å². The Morgan fingerprint density at radius 1 is 1.15 bits per heavy atom. The minimum absolute atomic E-state index is 0. The predicted molar refractivity (Wildman–Crippen MR) is 112 cm³/mol. The van der Waals surface area contributed by atoms with Crippen molar-refractivity contribution in [1.82, 2.24) is 9.55 Å². The number of benzene rings is 1. The molecule has 3 rings (SSSR count). The van der Waals surface area contributed by atoms with Gasteiger partial charge >= 0.3 is 0 Å². The minimum Gasteiger partial charge on any atom is -0.471 e. The number of aryl methyl sites for hydroxylation is 1. The molecule has 0 aliphatic carbocycles. The van der Waals surface area contributed by atoms with Gasteiger partial charge in [0, 0.05) is 39.4 Å². The van der Waals surface area contributed by atoms with Gasteiger partial charge < -0.3 is 9.30 Å². The highest BCUT2D eigenvalue weighted by molar-refractivity contribution is 6.35. The first-order valence-corrected chi connectivity index (χ1v) is 9.15. The molecule has 3 aromatic rings. The van der Waals surface area contributed by atoms with Gasteiger partial charge in [-0.25, -0.2) is 4.98 Å². The lowest BCUT2D eigenvalue weighted by atomic mass is 10.2. The topological polar surface area (TPSA) is 27.1 Å². The zero-order valence-electron chi connectivity index (χ0n) is 15.3. The summed E-state index contributed by atoms with van der Waals surface area (Å²) < 4.78 is 8.36. The molecule has 0 atom stereocenters. The van der Waals surface area contributed by atoms with Crippen LogP contribution in [0.1, 0.15) is 30.7 Å². The number of rotatable bonds is 5. The number of hydrogen-bond donors (Lipinski definition) is 0. The number of pyridine rings is 1. The maximum Gasteiger partial charge on any atom is 0.238 e. The van der Waals surface area contributed by atoms with Crippen molar-refractivity contribution < 1.29 is 4.74 Å². The lowest BCUT2D eigenvalue weighted by Gasteiger charge is -2.14. The second-order valence-electron chi connectivity index (χ2n) is 6.75. The molecule has 0 aliphatic heterocycles. The standard InChI is InChI=1S/C20H22Cl2N2O.ClH/c1-12(2)10-24-14(4)13(3)17-7-8-23-20(19(17)24)25-11-15-5-6-16(21)9-18(15)22;/h5-9,12H,10-11H2,1-4H3;1H. The zero-order chi connectivity index (χ0) is 18.1. The van der Waals surface area contributed by atoms with Gasteiger partial charge in [-0.3, -0.25) is 0 Å². The van der Waals surface area contributed by atoms with Gasteiger partial charge in [0.25, 0.3) is 0 Å². The summed E-state index contributed by atoms with van der Waals surface area (Å²) in [6, 6.07) is 7.48. The molecule has 0 bridgehead atoms. The van der Waals surface area contributed by atoms with E-state index in [0.717, 1.165) is 17.6 Å². The molecule has 0 radical (unpaired) electrons. The highest BCUT2D eigenvalue weighted by Crippen LogP contribution is 2.32. The molecule has 3 nitrogen and oxygen atoms in total. The van der Waals surface area contributed by atoms with Gasteiger partial charge in [0.1, 0.15) is 12.1 Å². The Hall–Kier alpha value is -1.42. The van der Waals surface area contributed by atoms with E-state index in [1.807, 2.05) is 12.1 Å². The van der Waals surface area contributed by atoms with Crippen molar-refractivity contribution in [3.8, 4) is 5.88 Å². The molecule has 1 aromatic carbocycles. The Labute approximate surface area is 170 Å². The second kappa shape index (κ2) is 8.51. The van der Waals surface area contributed by atoms with Crippen molar-refractivity contribution >= 4 is 46.5 Å². The van der Waals surface area contributed by atoms with Crippen molar-refractivity contribution in [3.05, 3.63) is 57.3 Å². The van der Waals surface area contributed by atoms with Gasteiger partial charge in [-0.15, -0.1) is 12.4 Å². The molecule has 2 heterocycles. The Balaban J connectivity index is 0.00000243. The summed E-state index contributed by atoms with van der Waals surface area (Å²) in [6.07, 6.45) is 1.80. The summed E-state index contributed by atoms with van der Waals surface area (Å²) in [5.74, 6) is 1.17. The van der Waals surface area contributed by atoms with Gasteiger partial charge in [-0.1, -0.05) is 43.1 Å². The SMILES string of the molecule is Cc1c(C)n(CC(C)C)c2c(OCc3ccc(Cl)cc3Cl)nccc12.Cl. The fourth-order valence-corrected chi connectivity index (χ4v) is 3.51. The monoisotopic (exact) mass is 412 g/mol. The quantitative estimate of drug-likeness (QED) is 0.470. The first-order chi connectivity index (χ1) is 11.9. The first kappa shape index (κ1) is 20.9. The van der Waals surface area contributed by atoms with Gasteiger partial charge in [-0.2, -0.15) is 0 Å². The molecular formula is C20H23Cl3N2O. The van der Waals surface area contributed by atoms with E-state index in [4.69, 9.17) is 27.9 Å². The van der Waals surface area contributed by atoms with Gasteiger partial charge in [-0.05, 0) is 43.5 Å². The molecule has 0 amide bonds. The van der Waals surface area contributed by atoms with Gasteiger partial charge in [0.05, 0.1) is 0 Å². The number of nitrogens with zero attached hydrogens (tertiary/aromatic N) is 2. The Morgan fingerprint density at radius 2 is 1.88 bits per heavy atom. The van der Waals surface area contributed by atoms with Crippen molar-refractivity contribution in [2.24, 2.45) is 5.92 Å². The Bertz CT molecular complexity index is 919. The van der Waals surface area contributed by atoms with Crippen LogP contribution >= 0.6 is 35.6 Å². The lowest BCUT2D eigenvalue weighted by molar-refractivity contribution is 0.296. The van der Waals surface area contributed by atoms with E-state index < -0.39 is 0 Å². The fraction of sp³-hybridized carbons (Fsp3) is 0.350. The van der Waals surface area contributed by atoms with Crippen LogP contribution in [0.5, 0.6) is 5.88 Å². The van der Waals surface area contributed by atoms with E-state index in [1.165, 1.54) is 16.6 Å². The summed E-state index contributed by atoms with van der Waals surface area (Å²) in [4.78, 5) is 4.48. The molecule has 6 heteroatoms. The fourth-order valence-electron chi connectivity index (χ4n) is 3.05. The van der Waals surface area contributed by atoms with Crippen LogP contribution in [0.25, 0.3) is 10.9 Å². The highest BCUT2D eigenvalue weighted by atomic mass is 35.5. The summed E-state index contributed by atoms with van der Waals surface area (Å²) in [7, 11) is 0. The lowest BCUT2D eigenvalue weighted by Crippen LogP contribution is -2.08.